The van der Waals surface area contributed by atoms with E-state index in [-0.39, 0.29) is 56.0 Å². The number of anilines is 4. The summed E-state index contributed by atoms with van der Waals surface area (Å²) in [5, 5.41) is 34.0. The molecule has 4 N–H and O–H groups in total. The molecule has 0 bridgehead atoms. The first-order valence-corrected chi connectivity index (χ1v) is 30.4. The second kappa shape index (κ2) is 25.7. The molecule has 5 aliphatic rings. The maximum absolute atomic E-state index is 15.1. The van der Waals surface area contributed by atoms with Gasteiger partial charge in [0.25, 0.3) is 0 Å². The van der Waals surface area contributed by atoms with E-state index in [1.54, 1.807) is 24.8 Å². The van der Waals surface area contributed by atoms with Gasteiger partial charge in [-0.1, -0.05) is 14.9 Å². The molecular weight excluding hydrogens is 1140 g/mol. The number of benzene rings is 3. The number of nitrogen functional groups attached to an aromatic ring is 1. The van der Waals surface area contributed by atoms with Gasteiger partial charge in [-0.25, -0.2) is 28.7 Å². The van der Waals surface area contributed by atoms with Crippen LogP contribution in [0.1, 0.15) is 141 Å². The molecule has 25 heteroatoms. The fraction of sp³-hybridized carbons (Fsp3) is 0.531. The number of hydrogen-bond acceptors (Lipinski definition) is 19. The molecule has 5 atom stereocenters. The Kier molecular flexibility index (Phi) is 18.1. The number of ether oxygens (including phenoxy) is 6. The van der Waals surface area contributed by atoms with Gasteiger partial charge < -0.3 is 54.4 Å². The van der Waals surface area contributed by atoms with Gasteiger partial charge in [0.1, 0.15) is 11.5 Å². The van der Waals surface area contributed by atoms with Crippen LogP contribution in [0.4, 0.5) is 32.1 Å². The molecule has 3 aromatic carbocycles. The fourth-order valence-corrected chi connectivity index (χ4v) is 13.1. The third-order valence-electron chi connectivity index (χ3n) is 18.5. The molecule has 0 radical (unpaired) electrons. The second-order valence-corrected chi connectivity index (χ2v) is 24.2. The lowest BCUT2D eigenvalue weighted by Crippen LogP contribution is -2.47. The lowest BCUT2D eigenvalue weighted by molar-refractivity contribution is -0.251. The number of halogens is 2. The highest BCUT2D eigenvalue weighted by Gasteiger charge is 2.42. The molecule has 3 saturated heterocycles. The van der Waals surface area contributed by atoms with Crippen LogP contribution in [-0.2, 0) is 29.1 Å². The molecule has 0 spiro atoms. The SMILES string of the molecule is C.C.COc1cc2nc(N)n3nc(C4CCC(C)N(c5cnn(CC6(O)CCC6)c5)C4)nc3c2cc1F.COc1ccc(CNc2nc3cc(OC)c(F)cc3c3nc(C4CCC(C)N(c5cnn(CC6(OC7CCCCO7)CCC6)c5)C4)nn23)c(OC)c1. The van der Waals surface area contributed by atoms with E-state index >= 15 is 4.39 Å². The van der Waals surface area contributed by atoms with Gasteiger partial charge in [-0.05, 0) is 122 Å². The highest BCUT2D eigenvalue weighted by Crippen LogP contribution is 2.42. The van der Waals surface area contributed by atoms with Crippen LogP contribution in [0.5, 0.6) is 23.0 Å². The van der Waals surface area contributed by atoms with Crippen LogP contribution in [-0.4, -0.2) is 142 Å². The summed E-state index contributed by atoms with van der Waals surface area (Å²) in [7, 11) is 6.10. The van der Waals surface area contributed by atoms with Crippen molar-refractivity contribution >= 4 is 56.4 Å². The van der Waals surface area contributed by atoms with Crippen LogP contribution in [0.3, 0.4) is 0 Å². The molecule has 9 heterocycles. The fourth-order valence-electron chi connectivity index (χ4n) is 13.1. The number of hydrogen-bond donors (Lipinski definition) is 3. The Morgan fingerprint density at radius 1 is 0.652 bits per heavy atom. The van der Waals surface area contributed by atoms with E-state index in [1.165, 1.54) is 36.9 Å². The number of methoxy groups -OCH3 is 4. The molecule has 476 valence electrons. The van der Waals surface area contributed by atoms with Crippen molar-refractivity contribution in [2.75, 3.05) is 69.0 Å². The van der Waals surface area contributed by atoms with Crippen molar-refractivity contribution < 1.29 is 42.3 Å². The van der Waals surface area contributed by atoms with Gasteiger partial charge in [0, 0.05) is 97.1 Å². The highest BCUT2D eigenvalue weighted by molar-refractivity contribution is 5.94. The molecular formula is C64H84F2N16O7. The maximum Gasteiger partial charge on any atom is 0.226 e. The van der Waals surface area contributed by atoms with E-state index in [9.17, 15) is 9.50 Å². The molecule has 0 amide bonds. The third-order valence-corrected chi connectivity index (χ3v) is 18.5. The minimum Gasteiger partial charge on any atom is -0.497 e. The van der Waals surface area contributed by atoms with Crippen LogP contribution >= 0.6 is 0 Å². The summed E-state index contributed by atoms with van der Waals surface area (Å²) in [5.74, 6) is 2.76. The Hall–Kier alpha value is -8.16. The van der Waals surface area contributed by atoms with Crippen molar-refractivity contribution in [3.05, 3.63) is 96.1 Å². The summed E-state index contributed by atoms with van der Waals surface area (Å²) in [6.07, 6.45) is 20.8. The predicted molar refractivity (Wildman–Crippen MR) is 336 cm³/mol. The van der Waals surface area contributed by atoms with Crippen LogP contribution < -0.4 is 39.8 Å². The average molecular weight is 1230 g/mol. The van der Waals surface area contributed by atoms with Crippen molar-refractivity contribution in [3.63, 3.8) is 0 Å². The van der Waals surface area contributed by atoms with Crippen LogP contribution in [0.15, 0.2) is 67.3 Å². The first-order valence-electron chi connectivity index (χ1n) is 30.4. The molecule has 23 nitrogen and oxygen atoms in total. The first kappa shape index (κ1) is 62.4. The maximum atomic E-state index is 15.1. The lowest BCUT2D eigenvalue weighted by Gasteiger charge is -2.44. The summed E-state index contributed by atoms with van der Waals surface area (Å²) < 4.78 is 70.4. The Labute approximate surface area is 516 Å². The smallest absolute Gasteiger partial charge is 0.226 e. The minimum absolute atomic E-state index is 0. The van der Waals surface area contributed by atoms with Gasteiger partial charge in [-0.3, -0.25) is 9.36 Å². The topological polar surface area (TPSA) is 242 Å². The summed E-state index contributed by atoms with van der Waals surface area (Å²) >= 11 is 0. The monoisotopic (exact) mass is 1230 g/mol. The summed E-state index contributed by atoms with van der Waals surface area (Å²) in [4.78, 5) is 23.8. The number of piperidine rings is 2. The van der Waals surface area contributed by atoms with Crippen molar-refractivity contribution in [3.8, 4) is 23.0 Å². The summed E-state index contributed by atoms with van der Waals surface area (Å²) in [6.45, 7) is 8.31. The minimum atomic E-state index is -0.625. The number of aliphatic hydroxyl groups is 1. The third kappa shape index (κ3) is 12.5. The number of nitrogens with zero attached hydrogens (tertiary/aromatic N) is 14. The zero-order chi connectivity index (χ0) is 60.1. The number of nitrogens with two attached hydrogens (primary N) is 1. The van der Waals surface area contributed by atoms with Crippen LogP contribution in [0.25, 0.3) is 33.1 Å². The van der Waals surface area contributed by atoms with Crippen LogP contribution in [0, 0.1) is 11.6 Å². The van der Waals surface area contributed by atoms with Gasteiger partial charge in [0.2, 0.25) is 11.9 Å². The van der Waals surface area contributed by atoms with Gasteiger partial charge in [0.15, 0.2) is 52.4 Å². The molecule has 9 aromatic rings. The molecule has 2 saturated carbocycles. The molecule has 5 fully saturated rings. The Morgan fingerprint density at radius 2 is 1.22 bits per heavy atom. The zero-order valence-corrected chi connectivity index (χ0v) is 50.2. The molecule has 3 aliphatic heterocycles. The van der Waals surface area contributed by atoms with Gasteiger partial charge in [-0.2, -0.15) is 19.2 Å². The van der Waals surface area contributed by atoms with Crippen molar-refractivity contribution in [2.45, 2.75) is 173 Å². The quantitative estimate of drug-likeness (QED) is 0.0767. The standard InChI is InChI=1S/C38H47FN8O5.C24H29FN8O2.2CH4/c1-24-9-10-26(21-46(24)27-20-41-45(22-27)23-38(13-7-14-38)52-34-8-5-6-15-51-34)35-43-36-29-17-30(39)33(50-4)18-31(29)42-37(47(36)44-35)40-19-25-11-12-28(48-2)16-32(25)49-3;1-14-4-5-15(11-32(14)16-10-27-31(12-16)13-24(34)6-3-7-24)21-29-22-17-8-18(25)20(35-2)9-19(17)28-23(26)33(22)30-21;;/h11-12,16-18,20,22,24,26,34H,5-10,13-15,19,21,23H2,1-4H3,(H,40,42);8-10,12,14-15,34H,3-7,11,13H2,1-2H3,(H2,26,28);2*1H4. The first-order chi connectivity index (χ1) is 42.2. The summed E-state index contributed by atoms with van der Waals surface area (Å²) in [5.41, 5.74) is 10.4. The lowest BCUT2D eigenvalue weighted by atomic mass is 9.80. The van der Waals surface area contributed by atoms with E-state index in [0.717, 1.165) is 120 Å². The average Bonchev–Trinajstić information content (AvgIpc) is 1.70. The van der Waals surface area contributed by atoms with E-state index in [1.807, 2.05) is 46.2 Å². The number of aromatic nitrogens is 12. The van der Waals surface area contributed by atoms with Crippen LogP contribution in [0.2, 0.25) is 0 Å². The molecule has 6 aromatic heterocycles. The Balaban J connectivity index is 0.000000193. The van der Waals surface area contributed by atoms with Crippen molar-refractivity contribution in [1.82, 2.24) is 58.7 Å². The zero-order valence-electron chi connectivity index (χ0n) is 50.2. The normalized spacial score (nSPS) is 21.3. The van der Waals surface area contributed by atoms with Crippen molar-refractivity contribution in [1.29, 1.82) is 0 Å². The molecule has 5 unspecified atom stereocenters. The van der Waals surface area contributed by atoms with E-state index < -0.39 is 17.2 Å². The molecule has 14 rings (SSSR count). The van der Waals surface area contributed by atoms with Gasteiger partial charge in [-0.15, -0.1) is 10.2 Å². The van der Waals surface area contributed by atoms with E-state index in [0.29, 0.717) is 93.9 Å². The Bertz CT molecular complexity index is 3950. The van der Waals surface area contributed by atoms with Gasteiger partial charge >= 0.3 is 0 Å². The largest absolute Gasteiger partial charge is 0.497 e. The number of rotatable bonds is 17. The predicted octanol–water partition coefficient (Wildman–Crippen LogP) is 10.7. The number of fused-ring (bicyclic) bond motifs is 6. The van der Waals surface area contributed by atoms with Gasteiger partial charge in [0.05, 0.1) is 87.5 Å². The summed E-state index contributed by atoms with van der Waals surface area (Å²) in [6, 6.07) is 12.2. The molecule has 2 aliphatic carbocycles. The number of nitrogens with one attached hydrogen (secondary N) is 1. The highest BCUT2D eigenvalue weighted by atomic mass is 19.1. The Morgan fingerprint density at radius 3 is 1.76 bits per heavy atom. The van der Waals surface area contributed by atoms with Crippen molar-refractivity contribution in [2.24, 2.45) is 0 Å². The van der Waals surface area contributed by atoms with E-state index in [4.69, 9.17) is 59.3 Å². The molecule has 89 heavy (non-hydrogen) atoms. The second-order valence-electron chi connectivity index (χ2n) is 24.2. The van der Waals surface area contributed by atoms with E-state index in [2.05, 4.69) is 50.3 Å².